The molecule has 0 spiro atoms. The summed E-state index contributed by atoms with van der Waals surface area (Å²) in [5.41, 5.74) is 0.824. The van der Waals surface area contributed by atoms with E-state index < -0.39 is 16.8 Å². The molecule has 1 amide bonds. The highest BCUT2D eigenvalue weighted by Gasteiger charge is 2.27. The number of amidine groups is 1. The van der Waals surface area contributed by atoms with Crippen molar-refractivity contribution >= 4 is 57.9 Å². The van der Waals surface area contributed by atoms with Crippen molar-refractivity contribution in [3.05, 3.63) is 86.0 Å². The minimum absolute atomic E-state index is 0.0869. The molecule has 0 unspecified atom stereocenters. The zero-order valence-electron chi connectivity index (χ0n) is 16.9. The van der Waals surface area contributed by atoms with Gasteiger partial charge in [0, 0.05) is 30.8 Å². The number of carboxylic acid groups (broad SMARTS) is 1. The Morgan fingerprint density at radius 3 is 2.70 bits per heavy atom. The predicted octanol–water partition coefficient (Wildman–Crippen LogP) is 5.31. The number of anilines is 1. The van der Waals surface area contributed by atoms with Gasteiger partial charge in [-0.15, -0.1) is 0 Å². The number of aromatic carboxylic acids is 1. The summed E-state index contributed by atoms with van der Waals surface area (Å²) in [6.07, 6.45) is 1.52. The van der Waals surface area contributed by atoms with E-state index in [1.807, 2.05) is 0 Å². The number of rotatable bonds is 5. The van der Waals surface area contributed by atoms with Gasteiger partial charge in [0.15, 0.2) is 5.17 Å². The molecule has 2 heterocycles. The first-order valence-corrected chi connectivity index (χ1v) is 10.6. The number of non-ortho nitro benzene ring substituents is 1. The van der Waals surface area contributed by atoms with Crippen LogP contribution in [0.3, 0.4) is 0 Å². The van der Waals surface area contributed by atoms with E-state index >= 15 is 0 Å². The van der Waals surface area contributed by atoms with Crippen molar-refractivity contribution in [2.45, 2.75) is 0 Å². The fourth-order valence-corrected chi connectivity index (χ4v) is 4.25. The Labute approximate surface area is 196 Å². The van der Waals surface area contributed by atoms with E-state index in [4.69, 9.17) is 16.0 Å². The average molecular weight is 484 g/mol. The fourth-order valence-electron chi connectivity index (χ4n) is 3.11. The highest BCUT2D eigenvalue weighted by Crippen LogP contribution is 2.35. The molecule has 1 N–H and O–H groups in total. The molecule has 0 radical (unpaired) electrons. The number of amides is 1. The van der Waals surface area contributed by atoms with Crippen molar-refractivity contribution in [2.24, 2.45) is 4.99 Å². The molecule has 11 heteroatoms. The summed E-state index contributed by atoms with van der Waals surface area (Å²) < 4.78 is 5.75. The third kappa shape index (κ3) is 4.52. The normalized spacial score (nSPS) is 14.4. The summed E-state index contributed by atoms with van der Waals surface area (Å²) in [7, 11) is 1.63. The number of carbonyl (C=O) groups is 2. The van der Waals surface area contributed by atoms with Gasteiger partial charge in [0.25, 0.3) is 11.6 Å². The summed E-state index contributed by atoms with van der Waals surface area (Å²) in [6, 6.07) is 13.7. The van der Waals surface area contributed by atoms with Crippen LogP contribution in [0.15, 0.2) is 68.9 Å². The number of halogens is 1. The van der Waals surface area contributed by atoms with E-state index in [1.165, 1.54) is 35.2 Å². The van der Waals surface area contributed by atoms with E-state index in [0.29, 0.717) is 32.8 Å². The Bertz CT molecular complexity index is 1360. The number of hydrogen-bond acceptors (Lipinski definition) is 7. The van der Waals surface area contributed by atoms with Gasteiger partial charge >= 0.3 is 5.97 Å². The standard InChI is InChI=1S/C22H14ClN3O6S/c1-25(17-5-3-2-4-15(17)21(28)29)22-24-20(27)19(33-22)11-13-7-9-18(32-13)14-8-6-12(26(30)31)10-16(14)23/h2-11H,1H3,(H,28,29)/b19-11+. The van der Waals surface area contributed by atoms with Crippen molar-refractivity contribution in [3.63, 3.8) is 0 Å². The molecule has 0 saturated carbocycles. The van der Waals surface area contributed by atoms with Crippen molar-refractivity contribution in [3.8, 4) is 11.3 Å². The van der Waals surface area contributed by atoms with Crippen molar-refractivity contribution in [2.75, 3.05) is 11.9 Å². The van der Waals surface area contributed by atoms with Gasteiger partial charge in [-0.2, -0.15) is 4.99 Å². The van der Waals surface area contributed by atoms with Gasteiger partial charge in [0.2, 0.25) is 0 Å². The van der Waals surface area contributed by atoms with E-state index in [9.17, 15) is 24.8 Å². The predicted molar refractivity (Wildman–Crippen MR) is 126 cm³/mol. The highest BCUT2D eigenvalue weighted by molar-refractivity contribution is 8.18. The number of aliphatic imine (C=N–C) groups is 1. The second-order valence-electron chi connectivity index (χ2n) is 6.81. The maximum absolute atomic E-state index is 12.4. The lowest BCUT2D eigenvalue weighted by atomic mass is 10.1. The SMILES string of the molecule is CN(C1=NC(=O)/C(=C\c2ccc(-c3ccc([N+](=O)[O-])cc3Cl)o2)S1)c1ccccc1C(=O)O. The van der Waals surface area contributed by atoms with E-state index in [2.05, 4.69) is 4.99 Å². The number of benzene rings is 2. The lowest BCUT2D eigenvalue weighted by Crippen LogP contribution is -2.24. The van der Waals surface area contributed by atoms with E-state index in [0.717, 1.165) is 11.8 Å². The molecule has 9 nitrogen and oxygen atoms in total. The molecule has 1 aliphatic rings. The number of nitro groups is 1. The molecule has 0 saturated heterocycles. The van der Waals surface area contributed by atoms with Crippen molar-refractivity contribution in [1.82, 2.24) is 0 Å². The molecule has 4 rings (SSSR count). The average Bonchev–Trinajstić information content (AvgIpc) is 3.40. The Hall–Kier alpha value is -3.89. The Balaban J connectivity index is 1.56. The fraction of sp³-hybridized carbons (Fsp3) is 0.0455. The second kappa shape index (κ2) is 8.93. The quantitative estimate of drug-likeness (QED) is 0.294. The smallest absolute Gasteiger partial charge is 0.337 e. The zero-order chi connectivity index (χ0) is 23.7. The van der Waals surface area contributed by atoms with Crippen LogP contribution in [0.25, 0.3) is 17.4 Å². The van der Waals surface area contributed by atoms with Crippen LogP contribution in [-0.4, -0.2) is 34.1 Å². The second-order valence-corrected chi connectivity index (χ2v) is 8.23. The highest BCUT2D eigenvalue weighted by atomic mass is 35.5. The molecule has 0 bridgehead atoms. The van der Waals surface area contributed by atoms with Crippen LogP contribution in [0.1, 0.15) is 16.1 Å². The first-order chi connectivity index (χ1) is 15.7. The largest absolute Gasteiger partial charge is 0.478 e. The number of furan rings is 1. The first kappa shape index (κ1) is 22.3. The van der Waals surface area contributed by atoms with Crippen LogP contribution >= 0.6 is 23.4 Å². The Morgan fingerprint density at radius 1 is 1.24 bits per heavy atom. The van der Waals surface area contributed by atoms with Gasteiger partial charge in [0.05, 0.1) is 26.1 Å². The van der Waals surface area contributed by atoms with Gasteiger partial charge in [-0.05, 0) is 42.1 Å². The van der Waals surface area contributed by atoms with Crippen LogP contribution < -0.4 is 4.90 Å². The lowest BCUT2D eigenvalue weighted by Gasteiger charge is -2.19. The molecular formula is C22H14ClN3O6S. The minimum Gasteiger partial charge on any atom is -0.478 e. The van der Waals surface area contributed by atoms with E-state index in [1.54, 1.807) is 37.4 Å². The lowest BCUT2D eigenvalue weighted by molar-refractivity contribution is -0.384. The Kier molecular flexibility index (Phi) is 6.03. The molecule has 33 heavy (non-hydrogen) atoms. The molecule has 1 aliphatic heterocycles. The summed E-state index contributed by atoms with van der Waals surface area (Å²) >= 11 is 7.24. The van der Waals surface area contributed by atoms with Crippen LogP contribution in [0, 0.1) is 10.1 Å². The molecule has 166 valence electrons. The minimum atomic E-state index is -1.09. The summed E-state index contributed by atoms with van der Waals surface area (Å²) in [5, 5.41) is 20.8. The number of thioether (sulfide) groups is 1. The maximum atomic E-state index is 12.4. The van der Waals surface area contributed by atoms with Crippen LogP contribution in [0.2, 0.25) is 5.02 Å². The van der Waals surface area contributed by atoms with Gasteiger partial charge in [-0.3, -0.25) is 14.9 Å². The number of hydrogen-bond donors (Lipinski definition) is 1. The number of nitrogens with zero attached hydrogens (tertiary/aromatic N) is 3. The molecule has 0 aliphatic carbocycles. The van der Waals surface area contributed by atoms with Gasteiger partial charge < -0.3 is 14.4 Å². The monoisotopic (exact) mass is 483 g/mol. The number of carboxylic acids is 1. The molecule has 1 aromatic heterocycles. The maximum Gasteiger partial charge on any atom is 0.337 e. The van der Waals surface area contributed by atoms with Gasteiger partial charge in [-0.1, -0.05) is 23.7 Å². The summed E-state index contributed by atoms with van der Waals surface area (Å²) in [6.45, 7) is 0. The molecule has 3 aromatic rings. The third-order valence-electron chi connectivity index (χ3n) is 4.72. The van der Waals surface area contributed by atoms with Crippen molar-refractivity contribution < 1.29 is 24.0 Å². The third-order valence-corrected chi connectivity index (χ3v) is 6.09. The zero-order valence-corrected chi connectivity index (χ0v) is 18.5. The molecule has 0 atom stereocenters. The summed E-state index contributed by atoms with van der Waals surface area (Å²) in [5.74, 6) is -0.830. The summed E-state index contributed by atoms with van der Waals surface area (Å²) in [4.78, 5) is 40.1. The van der Waals surface area contributed by atoms with Gasteiger partial charge in [0.1, 0.15) is 11.5 Å². The molecular weight excluding hydrogens is 470 g/mol. The van der Waals surface area contributed by atoms with Crippen LogP contribution in [-0.2, 0) is 4.79 Å². The van der Waals surface area contributed by atoms with Gasteiger partial charge in [-0.25, -0.2) is 4.79 Å². The van der Waals surface area contributed by atoms with E-state index in [-0.39, 0.29) is 16.3 Å². The number of nitro benzene ring substituents is 1. The van der Waals surface area contributed by atoms with Crippen molar-refractivity contribution in [1.29, 1.82) is 0 Å². The topological polar surface area (TPSA) is 126 Å². The molecule has 0 fully saturated rings. The number of carbonyl (C=O) groups excluding carboxylic acids is 1. The molecule has 2 aromatic carbocycles. The Morgan fingerprint density at radius 2 is 2.00 bits per heavy atom. The number of para-hydroxylation sites is 1. The van der Waals surface area contributed by atoms with Crippen LogP contribution in [0.4, 0.5) is 11.4 Å². The van der Waals surface area contributed by atoms with Crippen LogP contribution in [0.5, 0.6) is 0 Å². The first-order valence-electron chi connectivity index (χ1n) is 9.37.